The van der Waals surface area contributed by atoms with E-state index < -0.39 is 0 Å². The minimum atomic E-state index is 0.560. The first-order chi connectivity index (χ1) is 6.26. The molecule has 1 aromatic rings. The molecule has 0 radical (unpaired) electrons. The Morgan fingerprint density at radius 1 is 1.54 bits per heavy atom. The van der Waals surface area contributed by atoms with E-state index in [1.807, 2.05) is 0 Å². The SMILES string of the molecule is COc1cc2c(cc1C)C[C@@H]2CN. The van der Waals surface area contributed by atoms with Gasteiger partial charge in [-0.15, -0.1) is 0 Å². The summed E-state index contributed by atoms with van der Waals surface area (Å²) in [6.07, 6.45) is 1.14. The van der Waals surface area contributed by atoms with E-state index in [-0.39, 0.29) is 0 Å². The fraction of sp³-hybridized carbons (Fsp3) is 0.455. The molecule has 1 atom stereocenters. The van der Waals surface area contributed by atoms with Crippen LogP contribution in [0.4, 0.5) is 0 Å². The molecule has 0 saturated carbocycles. The van der Waals surface area contributed by atoms with Gasteiger partial charge in [0.1, 0.15) is 5.75 Å². The zero-order valence-corrected chi connectivity index (χ0v) is 8.13. The molecule has 0 saturated heterocycles. The van der Waals surface area contributed by atoms with Gasteiger partial charge in [0, 0.05) is 5.92 Å². The first kappa shape index (κ1) is 8.57. The van der Waals surface area contributed by atoms with Crippen molar-refractivity contribution >= 4 is 0 Å². The van der Waals surface area contributed by atoms with Crippen molar-refractivity contribution in [3.05, 3.63) is 28.8 Å². The highest BCUT2D eigenvalue weighted by Crippen LogP contribution is 2.38. The zero-order chi connectivity index (χ0) is 9.42. The molecule has 13 heavy (non-hydrogen) atoms. The van der Waals surface area contributed by atoms with Crippen LogP contribution in [0.3, 0.4) is 0 Å². The number of methoxy groups -OCH3 is 1. The maximum Gasteiger partial charge on any atom is 0.122 e. The Labute approximate surface area is 78.7 Å². The maximum absolute atomic E-state index is 5.64. The van der Waals surface area contributed by atoms with E-state index in [9.17, 15) is 0 Å². The number of benzene rings is 1. The van der Waals surface area contributed by atoms with Crippen LogP contribution in [0.2, 0.25) is 0 Å². The lowest BCUT2D eigenvalue weighted by Gasteiger charge is -2.30. The van der Waals surface area contributed by atoms with Crippen molar-refractivity contribution in [1.82, 2.24) is 0 Å². The fourth-order valence-corrected chi connectivity index (χ4v) is 1.99. The van der Waals surface area contributed by atoms with Crippen molar-refractivity contribution in [3.63, 3.8) is 0 Å². The van der Waals surface area contributed by atoms with E-state index in [4.69, 9.17) is 10.5 Å². The molecular weight excluding hydrogens is 162 g/mol. The third kappa shape index (κ3) is 1.22. The summed E-state index contributed by atoms with van der Waals surface area (Å²) < 4.78 is 5.27. The smallest absolute Gasteiger partial charge is 0.122 e. The number of nitrogens with two attached hydrogens (primary N) is 1. The summed E-state index contributed by atoms with van der Waals surface area (Å²) in [6, 6.07) is 4.34. The molecule has 2 heteroatoms. The van der Waals surface area contributed by atoms with Crippen molar-refractivity contribution in [2.24, 2.45) is 5.73 Å². The van der Waals surface area contributed by atoms with Gasteiger partial charge in [0.05, 0.1) is 7.11 Å². The van der Waals surface area contributed by atoms with Crippen molar-refractivity contribution in [1.29, 1.82) is 0 Å². The molecule has 0 bridgehead atoms. The molecule has 0 unspecified atom stereocenters. The van der Waals surface area contributed by atoms with Crippen LogP contribution in [0.1, 0.15) is 22.6 Å². The normalized spacial score (nSPS) is 19.2. The highest BCUT2D eigenvalue weighted by molar-refractivity contribution is 5.49. The quantitative estimate of drug-likeness (QED) is 0.744. The average Bonchev–Trinajstić information content (AvgIpc) is 2.11. The third-order valence-electron chi connectivity index (χ3n) is 2.85. The number of ether oxygens (including phenoxy) is 1. The summed E-state index contributed by atoms with van der Waals surface area (Å²) in [6.45, 7) is 2.83. The van der Waals surface area contributed by atoms with E-state index >= 15 is 0 Å². The Morgan fingerprint density at radius 2 is 2.31 bits per heavy atom. The van der Waals surface area contributed by atoms with Gasteiger partial charge in [-0.2, -0.15) is 0 Å². The van der Waals surface area contributed by atoms with Gasteiger partial charge in [-0.25, -0.2) is 0 Å². The number of fused-ring (bicyclic) bond motifs is 1. The highest BCUT2D eigenvalue weighted by atomic mass is 16.5. The fourth-order valence-electron chi connectivity index (χ4n) is 1.99. The van der Waals surface area contributed by atoms with Crippen LogP contribution in [0, 0.1) is 6.92 Å². The molecule has 0 amide bonds. The molecule has 0 fully saturated rings. The minimum Gasteiger partial charge on any atom is -0.496 e. The number of hydrogen-bond acceptors (Lipinski definition) is 2. The average molecular weight is 177 g/mol. The lowest BCUT2D eigenvalue weighted by molar-refractivity contribution is 0.409. The van der Waals surface area contributed by atoms with Crippen LogP contribution in [-0.2, 0) is 6.42 Å². The molecule has 0 spiro atoms. The number of aryl methyl sites for hydroxylation is 1. The molecule has 70 valence electrons. The van der Waals surface area contributed by atoms with Crippen molar-refractivity contribution in [3.8, 4) is 5.75 Å². The van der Waals surface area contributed by atoms with Crippen molar-refractivity contribution < 1.29 is 4.74 Å². The van der Waals surface area contributed by atoms with E-state index in [0.29, 0.717) is 5.92 Å². The lowest BCUT2D eigenvalue weighted by Crippen LogP contribution is -2.24. The second kappa shape index (κ2) is 3.04. The monoisotopic (exact) mass is 177 g/mol. The summed E-state index contributed by atoms with van der Waals surface area (Å²) >= 11 is 0. The van der Waals surface area contributed by atoms with E-state index in [1.165, 1.54) is 16.7 Å². The molecule has 2 nitrogen and oxygen atoms in total. The van der Waals surface area contributed by atoms with Gasteiger partial charge in [0.25, 0.3) is 0 Å². The second-order valence-electron chi connectivity index (χ2n) is 3.66. The lowest BCUT2D eigenvalue weighted by atomic mass is 9.77. The van der Waals surface area contributed by atoms with Crippen molar-refractivity contribution in [2.75, 3.05) is 13.7 Å². The summed E-state index contributed by atoms with van der Waals surface area (Å²) in [7, 11) is 1.71. The predicted octanol–water partition coefficient (Wildman–Crippen LogP) is 1.60. The third-order valence-corrected chi connectivity index (χ3v) is 2.85. The standard InChI is InChI=1S/C11H15NO/c1-7-3-8-4-9(6-12)10(8)5-11(7)13-2/h3,5,9H,4,6,12H2,1-2H3/t9-/m1/s1. The molecule has 1 aliphatic rings. The first-order valence-corrected chi connectivity index (χ1v) is 4.63. The van der Waals surface area contributed by atoms with Gasteiger partial charge in [-0.05, 0) is 42.6 Å². The Kier molecular flexibility index (Phi) is 2.00. The van der Waals surface area contributed by atoms with Gasteiger partial charge in [0.2, 0.25) is 0 Å². The Hall–Kier alpha value is -1.02. The zero-order valence-electron chi connectivity index (χ0n) is 8.13. The van der Waals surface area contributed by atoms with Crippen LogP contribution >= 0.6 is 0 Å². The summed E-state index contributed by atoms with van der Waals surface area (Å²) in [5, 5.41) is 0. The van der Waals surface area contributed by atoms with E-state index in [1.54, 1.807) is 7.11 Å². The van der Waals surface area contributed by atoms with Gasteiger partial charge in [-0.3, -0.25) is 0 Å². The predicted molar refractivity (Wildman–Crippen MR) is 53.2 cm³/mol. The summed E-state index contributed by atoms with van der Waals surface area (Å²) in [5.74, 6) is 1.54. The van der Waals surface area contributed by atoms with Crippen LogP contribution in [0.5, 0.6) is 5.75 Å². The summed E-state index contributed by atoms with van der Waals surface area (Å²) in [4.78, 5) is 0. The molecule has 0 aliphatic heterocycles. The highest BCUT2D eigenvalue weighted by Gasteiger charge is 2.25. The first-order valence-electron chi connectivity index (χ1n) is 4.63. The number of rotatable bonds is 2. The largest absolute Gasteiger partial charge is 0.496 e. The summed E-state index contributed by atoms with van der Waals surface area (Å²) in [5.41, 5.74) is 9.67. The topological polar surface area (TPSA) is 35.2 Å². The molecule has 0 heterocycles. The van der Waals surface area contributed by atoms with Gasteiger partial charge in [-0.1, -0.05) is 6.07 Å². The molecule has 1 aromatic carbocycles. The second-order valence-corrected chi connectivity index (χ2v) is 3.66. The van der Waals surface area contributed by atoms with Crippen LogP contribution in [0.25, 0.3) is 0 Å². The maximum atomic E-state index is 5.64. The molecule has 0 aromatic heterocycles. The molecule has 1 aliphatic carbocycles. The number of hydrogen-bond donors (Lipinski definition) is 1. The van der Waals surface area contributed by atoms with Gasteiger partial charge >= 0.3 is 0 Å². The molecule has 2 N–H and O–H groups in total. The van der Waals surface area contributed by atoms with Crippen LogP contribution < -0.4 is 10.5 Å². The van der Waals surface area contributed by atoms with E-state index in [2.05, 4.69) is 19.1 Å². The minimum absolute atomic E-state index is 0.560. The molecule has 2 rings (SSSR count). The van der Waals surface area contributed by atoms with Crippen molar-refractivity contribution in [2.45, 2.75) is 19.3 Å². The Balaban J connectivity index is 2.39. The van der Waals surface area contributed by atoms with Gasteiger partial charge in [0.15, 0.2) is 0 Å². The molecular formula is C11H15NO. The van der Waals surface area contributed by atoms with Crippen LogP contribution in [0.15, 0.2) is 12.1 Å². The Bertz CT molecular complexity index is 333. The van der Waals surface area contributed by atoms with Crippen LogP contribution in [-0.4, -0.2) is 13.7 Å². The Morgan fingerprint density at radius 3 is 2.92 bits per heavy atom. The van der Waals surface area contributed by atoms with E-state index in [0.717, 1.165) is 18.7 Å². The van der Waals surface area contributed by atoms with Gasteiger partial charge < -0.3 is 10.5 Å².